The van der Waals surface area contributed by atoms with E-state index in [-0.39, 0.29) is 12.0 Å². The van der Waals surface area contributed by atoms with Crippen LogP contribution >= 0.6 is 0 Å². The van der Waals surface area contributed by atoms with Crippen LogP contribution in [0.3, 0.4) is 0 Å². The Morgan fingerprint density at radius 2 is 2.10 bits per heavy atom. The number of aromatic nitrogens is 2. The van der Waals surface area contributed by atoms with Gasteiger partial charge in [0.25, 0.3) is 5.89 Å². The number of hydrogen-bond donors (Lipinski definition) is 0. The molecule has 20 heavy (non-hydrogen) atoms. The molecule has 0 radical (unpaired) electrons. The van der Waals surface area contributed by atoms with Gasteiger partial charge >= 0.3 is 0 Å². The number of methoxy groups -OCH3 is 1. The Hall–Kier alpha value is -2.19. The van der Waals surface area contributed by atoms with Crippen molar-refractivity contribution in [2.24, 2.45) is 5.92 Å². The van der Waals surface area contributed by atoms with Crippen LogP contribution in [0.25, 0.3) is 11.5 Å². The van der Waals surface area contributed by atoms with Crippen LogP contribution in [0, 0.1) is 17.2 Å². The van der Waals surface area contributed by atoms with Crippen molar-refractivity contribution in [3.63, 3.8) is 0 Å². The van der Waals surface area contributed by atoms with Gasteiger partial charge in [0.2, 0.25) is 5.82 Å². The summed E-state index contributed by atoms with van der Waals surface area (Å²) in [5, 5.41) is 12.9. The molecule has 0 amide bonds. The molecule has 0 spiro atoms. The minimum absolute atomic E-state index is 0.198. The third-order valence-electron chi connectivity index (χ3n) is 3.07. The van der Waals surface area contributed by atoms with Crippen molar-refractivity contribution >= 4 is 0 Å². The van der Waals surface area contributed by atoms with E-state index in [0.717, 1.165) is 11.1 Å². The third kappa shape index (κ3) is 2.86. The lowest BCUT2D eigenvalue weighted by atomic mass is 10.0. The van der Waals surface area contributed by atoms with Gasteiger partial charge in [-0.3, -0.25) is 0 Å². The third-order valence-corrected chi connectivity index (χ3v) is 3.07. The van der Waals surface area contributed by atoms with E-state index in [9.17, 15) is 0 Å². The van der Waals surface area contributed by atoms with Gasteiger partial charge in [0, 0.05) is 12.7 Å². The zero-order valence-corrected chi connectivity index (χ0v) is 11.8. The molecular formula is C15H17N3O2. The van der Waals surface area contributed by atoms with Crippen LogP contribution in [0.4, 0.5) is 0 Å². The Kier molecular flexibility index (Phi) is 4.49. The Morgan fingerprint density at radius 1 is 1.35 bits per heavy atom. The predicted molar refractivity (Wildman–Crippen MR) is 73.6 cm³/mol. The molecule has 0 N–H and O–H groups in total. The quantitative estimate of drug-likeness (QED) is 0.835. The number of benzene rings is 1. The van der Waals surface area contributed by atoms with E-state index in [1.54, 1.807) is 7.11 Å². The van der Waals surface area contributed by atoms with Crippen molar-refractivity contribution in [2.75, 3.05) is 7.11 Å². The summed E-state index contributed by atoms with van der Waals surface area (Å²) in [4.78, 5) is 4.40. The summed E-state index contributed by atoms with van der Waals surface area (Å²) in [7, 11) is 1.63. The molecule has 0 fully saturated rings. The zero-order chi connectivity index (χ0) is 14.5. The highest BCUT2D eigenvalue weighted by Gasteiger charge is 2.22. The van der Waals surface area contributed by atoms with Crippen LogP contribution in [-0.2, 0) is 11.2 Å². The first-order valence-electron chi connectivity index (χ1n) is 6.49. The predicted octanol–water partition coefficient (Wildman–Crippen LogP) is 3.15. The topological polar surface area (TPSA) is 71.9 Å². The second-order valence-corrected chi connectivity index (χ2v) is 4.85. The van der Waals surface area contributed by atoms with Crippen LogP contribution < -0.4 is 0 Å². The van der Waals surface area contributed by atoms with E-state index in [0.29, 0.717) is 18.1 Å². The number of nitriles is 1. The number of nitrogens with zero attached hydrogens (tertiary/aromatic N) is 3. The Labute approximate surface area is 118 Å². The molecule has 5 nitrogen and oxygen atoms in total. The van der Waals surface area contributed by atoms with Gasteiger partial charge in [-0.1, -0.05) is 37.2 Å². The number of ether oxygens (including phenoxy) is 1. The van der Waals surface area contributed by atoms with Gasteiger partial charge in [-0.2, -0.15) is 10.2 Å². The van der Waals surface area contributed by atoms with Crippen LogP contribution in [0.2, 0.25) is 0 Å². The second kappa shape index (κ2) is 6.31. The first-order valence-corrected chi connectivity index (χ1v) is 6.49. The summed E-state index contributed by atoms with van der Waals surface area (Å²) in [5.41, 5.74) is 1.68. The van der Waals surface area contributed by atoms with E-state index in [1.165, 1.54) is 0 Å². The maximum Gasteiger partial charge on any atom is 0.258 e. The first kappa shape index (κ1) is 14.2. The molecule has 104 valence electrons. The molecule has 1 aromatic heterocycles. The monoisotopic (exact) mass is 271 g/mol. The highest BCUT2D eigenvalue weighted by molar-refractivity contribution is 5.59. The van der Waals surface area contributed by atoms with Gasteiger partial charge in [-0.15, -0.1) is 0 Å². The maximum absolute atomic E-state index is 8.86. The van der Waals surface area contributed by atoms with E-state index >= 15 is 0 Å². The molecule has 0 aliphatic carbocycles. The van der Waals surface area contributed by atoms with Gasteiger partial charge in [0.05, 0.1) is 12.5 Å². The molecule has 0 aliphatic heterocycles. The average Bonchev–Trinajstić information content (AvgIpc) is 2.89. The van der Waals surface area contributed by atoms with Gasteiger partial charge in [0.1, 0.15) is 6.10 Å². The average molecular weight is 271 g/mol. The van der Waals surface area contributed by atoms with Crippen LogP contribution in [0.5, 0.6) is 0 Å². The summed E-state index contributed by atoms with van der Waals surface area (Å²) >= 11 is 0. The van der Waals surface area contributed by atoms with E-state index in [2.05, 4.69) is 16.2 Å². The van der Waals surface area contributed by atoms with E-state index < -0.39 is 0 Å². The highest BCUT2D eigenvalue weighted by atomic mass is 16.5. The van der Waals surface area contributed by atoms with Crippen molar-refractivity contribution in [1.29, 1.82) is 5.26 Å². The van der Waals surface area contributed by atoms with Gasteiger partial charge in [0.15, 0.2) is 0 Å². The van der Waals surface area contributed by atoms with Crippen molar-refractivity contribution in [3.8, 4) is 17.5 Å². The van der Waals surface area contributed by atoms with Crippen LogP contribution in [0.1, 0.15) is 31.3 Å². The molecule has 1 unspecified atom stereocenters. The second-order valence-electron chi connectivity index (χ2n) is 4.85. The van der Waals surface area contributed by atoms with Crippen LogP contribution in [0.15, 0.2) is 28.8 Å². The molecule has 5 heteroatoms. The molecule has 2 aromatic rings. The molecule has 0 saturated heterocycles. The fraction of sp³-hybridized carbons (Fsp3) is 0.400. The lowest BCUT2D eigenvalue weighted by molar-refractivity contribution is 0.0556. The first-order chi connectivity index (χ1) is 9.67. The molecule has 1 atom stereocenters. The van der Waals surface area contributed by atoms with E-state index in [1.807, 2.05) is 38.1 Å². The molecule has 0 saturated carbocycles. The summed E-state index contributed by atoms with van der Waals surface area (Å²) in [5.74, 6) is 1.21. The summed E-state index contributed by atoms with van der Waals surface area (Å²) in [6.07, 6.45) is 0.113. The fourth-order valence-electron chi connectivity index (χ4n) is 2.10. The molecule has 0 aliphatic rings. The lowest BCUT2D eigenvalue weighted by Gasteiger charge is -2.14. The summed E-state index contributed by atoms with van der Waals surface area (Å²) in [6.45, 7) is 4.07. The molecule has 1 aromatic carbocycles. The van der Waals surface area contributed by atoms with Gasteiger partial charge in [-0.25, -0.2) is 0 Å². The highest BCUT2D eigenvalue weighted by Crippen LogP contribution is 2.27. The van der Waals surface area contributed by atoms with E-state index in [4.69, 9.17) is 14.5 Å². The maximum atomic E-state index is 8.86. The number of hydrogen-bond acceptors (Lipinski definition) is 5. The van der Waals surface area contributed by atoms with Gasteiger partial charge < -0.3 is 9.26 Å². The Bertz CT molecular complexity index is 614. The summed E-state index contributed by atoms with van der Waals surface area (Å²) in [6, 6.07) is 9.68. The van der Waals surface area contributed by atoms with Crippen molar-refractivity contribution < 1.29 is 9.26 Å². The van der Waals surface area contributed by atoms with Crippen molar-refractivity contribution in [1.82, 2.24) is 10.1 Å². The lowest BCUT2D eigenvalue weighted by Crippen LogP contribution is -2.10. The Morgan fingerprint density at radius 3 is 2.75 bits per heavy atom. The smallest absolute Gasteiger partial charge is 0.258 e. The van der Waals surface area contributed by atoms with Crippen LogP contribution in [-0.4, -0.2) is 17.3 Å². The molecule has 2 rings (SSSR count). The Balaban J connectivity index is 2.36. The number of rotatable bonds is 5. The summed E-state index contributed by atoms with van der Waals surface area (Å²) < 4.78 is 10.7. The largest absolute Gasteiger partial charge is 0.373 e. The minimum atomic E-state index is -0.198. The minimum Gasteiger partial charge on any atom is -0.373 e. The molecule has 1 heterocycles. The molecular weight excluding hydrogens is 254 g/mol. The zero-order valence-electron chi connectivity index (χ0n) is 11.8. The normalized spacial score (nSPS) is 12.3. The molecule has 0 bridgehead atoms. The van der Waals surface area contributed by atoms with Crippen molar-refractivity contribution in [3.05, 3.63) is 35.7 Å². The fourth-order valence-corrected chi connectivity index (χ4v) is 2.10. The SMILES string of the molecule is COC(c1noc(-c2ccccc2CC#N)n1)C(C)C. The van der Waals surface area contributed by atoms with Gasteiger partial charge in [-0.05, 0) is 17.5 Å². The van der Waals surface area contributed by atoms with Crippen molar-refractivity contribution in [2.45, 2.75) is 26.4 Å². The standard InChI is InChI=1S/C15H17N3O2/c1-10(2)13(19-3)14-17-15(20-18-14)12-7-5-4-6-11(12)8-9-16/h4-7,10,13H,8H2,1-3H3.